The third kappa shape index (κ3) is 3.50. The highest BCUT2D eigenvalue weighted by atomic mass is 32.2. The molecule has 0 unspecified atom stereocenters. The molecule has 0 amide bonds. The molecule has 8 nitrogen and oxygen atoms in total. The molecule has 1 aromatic carbocycles. The Kier molecular flexibility index (Phi) is 4.14. The van der Waals surface area contributed by atoms with Crippen LogP contribution in [0.2, 0.25) is 0 Å². The van der Waals surface area contributed by atoms with Crippen LogP contribution in [0.15, 0.2) is 23.1 Å². The lowest BCUT2D eigenvalue weighted by molar-refractivity contribution is -0.145. The molecule has 9 heteroatoms. The van der Waals surface area contributed by atoms with Crippen LogP contribution in [0.1, 0.15) is 12.0 Å². The summed E-state index contributed by atoms with van der Waals surface area (Å²) in [6.45, 7) is 0.461. The Morgan fingerprint density at radius 3 is 2.67 bits per heavy atom. The highest BCUT2D eigenvalue weighted by Gasteiger charge is 2.28. The predicted molar refractivity (Wildman–Crippen MR) is 69.6 cm³/mol. The number of aliphatic carboxylic acids is 2. The molecule has 21 heavy (non-hydrogen) atoms. The third-order valence-corrected chi connectivity index (χ3v) is 4.41. The number of rotatable bonds is 6. The van der Waals surface area contributed by atoms with Gasteiger partial charge in [-0.25, -0.2) is 8.42 Å². The standard InChI is InChI=1S/C12H13NO7S/c14-11(15)6-9(12(16)17)13-21(18,19)8-1-2-10-7(5-8)3-4-20-10/h1-2,5,9,13H,3-4,6H2,(H,14,15)(H,16,17)/t9-/m1/s1. The summed E-state index contributed by atoms with van der Waals surface area (Å²) in [5.74, 6) is -2.37. The van der Waals surface area contributed by atoms with Gasteiger partial charge in [0.05, 0.1) is 17.9 Å². The van der Waals surface area contributed by atoms with Crippen LogP contribution in [0.3, 0.4) is 0 Å². The monoisotopic (exact) mass is 315 g/mol. The van der Waals surface area contributed by atoms with Crippen molar-refractivity contribution in [1.29, 1.82) is 0 Å². The van der Waals surface area contributed by atoms with E-state index >= 15 is 0 Å². The molecule has 0 spiro atoms. The summed E-state index contributed by atoms with van der Waals surface area (Å²) in [4.78, 5) is 21.4. The molecule has 0 aromatic heterocycles. The summed E-state index contributed by atoms with van der Waals surface area (Å²) in [6.07, 6.45) is -0.279. The first-order valence-corrected chi connectivity index (χ1v) is 7.50. The molecule has 0 aliphatic carbocycles. The first-order chi connectivity index (χ1) is 9.79. The molecule has 0 bridgehead atoms. The highest BCUT2D eigenvalue weighted by molar-refractivity contribution is 7.89. The maximum Gasteiger partial charge on any atom is 0.322 e. The molecule has 0 fully saturated rings. The Labute approximate surface area is 120 Å². The minimum atomic E-state index is -4.12. The van der Waals surface area contributed by atoms with Gasteiger partial charge in [-0.15, -0.1) is 0 Å². The number of sulfonamides is 1. The second kappa shape index (κ2) is 5.70. The Balaban J connectivity index is 2.24. The van der Waals surface area contributed by atoms with E-state index in [0.29, 0.717) is 24.3 Å². The topological polar surface area (TPSA) is 130 Å². The van der Waals surface area contributed by atoms with Gasteiger partial charge in [0.25, 0.3) is 0 Å². The van der Waals surface area contributed by atoms with Crippen LogP contribution in [0.4, 0.5) is 0 Å². The van der Waals surface area contributed by atoms with Crippen molar-refractivity contribution in [2.24, 2.45) is 0 Å². The molecular formula is C12H13NO7S. The third-order valence-electron chi connectivity index (χ3n) is 2.95. The molecule has 0 saturated carbocycles. The minimum absolute atomic E-state index is 0.122. The Bertz CT molecular complexity index is 683. The van der Waals surface area contributed by atoms with Crippen LogP contribution in [0.25, 0.3) is 0 Å². The number of benzene rings is 1. The van der Waals surface area contributed by atoms with Crippen molar-refractivity contribution in [2.75, 3.05) is 6.61 Å². The normalized spacial score (nSPS) is 15.0. The van der Waals surface area contributed by atoms with Crippen molar-refractivity contribution < 1.29 is 33.0 Å². The van der Waals surface area contributed by atoms with Gasteiger partial charge in [-0.05, 0) is 23.8 Å². The SMILES string of the molecule is O=C(O)C[C@@H](NS(=O)(=O)c1ccc2c(c1)CCO2)C(=O)O. The van der Waals surface area contributed by atoms with E-state index < -0.39 is 34.4 Å². The molecule has 3 N–H and O–H groups in total. The number of carbonyl (C=O) groups is 2. The van der Waals surface area contributed by atoms with Crippen molar-refractivity contribution in [1.82, 2.24) is 4.72 Å². The summed E-state index contributed by atoms with van der Waals surface area (Å²) in [7, 11) is -4.12. The summed E-state index contributed by atoms with van der Waals surface area (Å²) in [5.41, 5.74) is 0.711. The van der Waals surface area contributed by atoms with Gasteiger partial charge in [-0.1, -0.05) is 0 Å². The van der Waals surface area contributed by atoms with Gasteiger partial charge < -0.3 is 14.9 Å². The van der Waals surface area contributed by atoms with Gasteiger partial charge in [0.1, 0.15) is 11.8 Å². The minimum Gasteiger partial charge on any atom is -0.493 e. The first kappa shape index (κ1) is 15.3. The zero-order valence-corrected chi connectivity index (χ0v) is 11.6. The summed E-state index contributed by atoms with van der Waals surface area (Å²) >= 11 is 0. The Morgan fingerprint density at radius 1 is 1.33 bits per heavy atom. The van der Waals surface area contributed by atoms with E-state index in [-0.39, 0.29) is 4.90 Å². The number of hydrogen-bond donors (Lipinski definition) is 3. The number of carboxylic acid groups (broad SMARTS) is 2. The number of fused-ring (bicyclic) bond motifs is 1. The second-order valence-electron chi connectivity index (χ2n) is 4.48. The Hall–Kier alpha value is -2.13. The van der Waals surface area contributed by atoms with Crippen LogP contribution < -0.4 is 9.46 Å². The van der Waals surface area contributed by atoms with Gasteiger partial charge >= 0.3 is 11.9 Å². The van der Waals surface area contributed by atoms with Crippen molar-refractivity contribution in [2.45, 2.75) is 23.8 Å². The van der Waals surface area contributed by atoms with E-state index in [9.17, 15) is 18.0 Å². The molecule has 114 valence electrons. The molecule has 1 heterocycles. The van der Waals surface area contributed by atoms with Gasteiger partial charge in [0.15, 0.2) is 0 Å². The molecule has 0 saturated heterocycles. The van der Waals surface area contributed by atoms with Gasteiger partial charge in [-0.2, -0.15) is 4.72 Å². The lowest BCUT2D eigenvalue weighted by Gasteiger charge is -2.13. The Morgan fingerprint density at radius 2 is 2.05 bits per heavy atom. The largest absolute Gasteiger partial charge is 0.493 e. The van der Waals surface area contributed by atoms with Gasteiger partial charge in [0, 0.05) is 6.42 Å². The van der Waals surface area contributed by atoms with Crippen LogP contribution in [-0.4, -0.2) is 43.2 Å². The molecular weight excluding hydrogens is 302 g/mol. The average molecular weight is 315 g/mol. The molecule has 1 aromatic rings. The predicted octanol–water partition coefficient (Wildman–Crippen LogP) is -0.172. The van der Waals surface area contributed by atoms with Gasteiger partial charge in [0.2, 0.25) is 10.0 Å². The van der Waals surface area contributed by atoms with Crippen LogP contribution >= 0.6 is 0 Å². The highest BCUT2D eigenvalue weighted by Crippen LogP contribution is 2.27. The first-order valence-electron chi connectivity index (χ1n) is 6.02. The number of nitrogens with one attached hydrogen (secondary N) is 1. The van der Waals surface area contributed by atoms with E-state index in [2.05, 4.69) is 0 Å². The zero-order chi connectivity index (χ0) is 15.6. The maximum absolute atomic E-state index is 12.1. The average Bonchev–Trinajstić information content (AvgIpc) is 2.84. The molecule has 0 radical (unpaired) electrons. The molecule has 1 atom stereocenters. The van der Waals surface area contributed by atoms with Crippen LogP contribution in [-0.2, 0) is 26.0 Å². The van der Waals surface area contributed by atoms with E-state index in [4.69, 9.17) is 14.9 Å². The molecule has 2 rings (SSSR count). The summed E-state index contributed by atoms with van der Waals surface area (Å²) in [6, 6.07) is 2.44. The van der Waals surface area contributed by atoms with Gasteiger partial charge in [-0.3, -0.25) is 9.59 Å². The van der Waals surface area contributed by atoms with Crippen LogP contribution in [0, 0.1) is 0 Å². The molecule has 1 aliphatic rings. The fourth-order valence-electron chi connectivity index (χ4n) is 1.94. The number of hydrogen-bond acceptors (Lipinski definition) is 5. The lowest BCUT2D eigenvalue weighted by Crippen LogP contribution is -2.42. The number of carboxylic acids is 2. The van der Waals surface area contributed by atoms with Crippen molar-refractivity contribution in [3.8, 4) is 5.75 Å². The fourth-order valence-corrected chi connectivity index (χ4v) is 3.18. The van der Waals surface area contributed by atoms with Crippen molar-refractivity contribution >= 4 is 22.0 Å². The second-order valence-corrected chi connectivity index (χ2v) is 6.19. The zero-order valence-electron chi connectivity index (χ0n) is 10.8. The quantitative estimate of drug-likeness (QED) is 0.664. The van der Waals surface area contributed by atoms with E-state index in [1.54, 1.807) is 0 Å². The summed E-state index contributed by atoms with van der Waals surface area (Å²) in [5, 5.41) is 17.5. The maximum atomic E-state index is 12.1. The van der Waals surface area contributed by atoms with E-state index in [1.807, 2.05) is 4.72 Å². The van der Waals surface area contributed by atoms with E-state index in [1.165, 1.54) is 18.2 Å². The van der Waals surface area contributed by atoms with Crippen molar-refractivity contribution in [3.05, 3.63) is 23.8 Å². The summed E-state index contributed by atoms with van der Waals surface area (Å²) < 4.78 is 31.4. The van der Waals surface area contributed by atoms with Crippen molar-refractivity contribution in [3.63, 3.8) is 0 Å². The lowest BCUT2D eigenvalue weighted by atomic mass is 10.2. The smallest absolute Gasteiger partial charge is 0.322 e. The fraction of sp³-hybridized carbons (Fsp3) is 0.333. The number of ether oxygens (including phenoxy) is 1. The molecule has 1 aliphatic heterocycles. The van der Waals surface area contributed by atoms with Crippen LogP contribution in [0.5, 0.6) is 5.75 Å². The van der Waals surface area contributed by atoms with E-state index in [0.717, 1.165) is 0 Å².